The summed E-state index contributed by atoms with van der Waals surface area (Å²) in [6.45, 7) is 6.91. The van der Waals surface area contributed by atoms with Crippen LogP contribution < -0.4 is 10.2 Å². The molecule has 4 heterocycles. The van der Waals surface area contributed by atoms with Gasteiger partial charge in [0.2, 0.25) is 11.8 Å². The van der Waals surface area contributed by atoms with Crippen LogP contribution in [-0.2, 0) is 4.79 Å². The van der Waals surface area contributed by atoms with Gasteiger partial charge in [-0.3, -0.25) is 10.1 Å². The molecule has 1 aliphatic heterocycles. The molecule has 0 unspecified atom stereocenters. The Morgan fingerprint density at radius 3 is 2.54 bits per heavy atom. The summed E-state index contributed by atoms with van der Waals surface area (Å²) in [5.41, 5.74) is 2.68. The van der Waals surface area contributed by atoms with Gasteiger partial charge in [0.05, 0.1) is 17.3 Å². The number of rotatable bonds is 4. The summed E-state index contributed by atoms with van der Waals surface area (Å²) < 4.78 is 6.81. The average molecular weight is 353 g/mol. The zero-order valence-corrected chi connectivity index (χ0v) is 14.8. The second kappa shape index (κ2) is 6.25. The third-order valence-electron chi connectivity index (χ3n) is 4.32. The van der Waals surface area contributed by atoms with Gasteiger partial charge >= 0.3 is 0 Å². The van der Waals surface area contributed by atoms with E-state index in [1.54, 1.807) is 17.7 Å². The van der Waals surface area contributed by atoms with E-state index in [9.17, 15) is 4.79 Å². The number of carbonyl (C=O) groups is 1. The molecular weight excluding hydrogens is 334 g/mol. The predicted molar refractivity (Wildman–Crippen MR) is 94.2 cm³/mol. The van der Waals surface area contributed by atoms with E-state index in [4.69, 9.17) is 4.52 Å². The van der Waals surface area contributed by atoms with Crippen LogP contribution in [-0.4, -0.2) is 43.9 Å². The van der Waals surface area contributed by atoms with Crippen molar-refractivity contribution < 1.29 is 9.32 Å². The van der Waals surface area contributed by atoms with Crippen LogP contribution >= 0.6 is 0 Å². The number of amides is 1. The van der Waals surface area contributed by atoms with Gasteiger partial charge in [0.15, 0.2) is 5.82 Å². The number of anilines is 2. The molecule has 0 aromatic carbocycles. The number of aryl methyl sites for hydroxylation is 3. The number of nitrogens with one attached hydrogen (secondary N) is 1. The van der Waals surface area contributed by atoms with Crippen molar-refractivity contribution in [3.05, 3.63) is 41.6 Å². The summed E-state index contributed by atoms with van der Waals surface area (Å²) in [4.78, 5) is 22.9. The van der Waals surface area contributed by atoms with Crippen LogP contribution in [0.25, 0.3) is 5.82 Å². The average Bonchev–Trinajstić information content (AvgIpc) is 3.11. The number of aromatic nitrogens is 5. The monoisotopic (exact) mass is 353 g/mol. The minimum absolute atomic E-state index is 0.0785. The van der Waals surface area contributed by atoms with Crippen molar-refractivity contribution in [3.8, 4) is 5.82 Å². The fraction of sp³-hybridized carbons (Fsp3) is 0.353. The van der Waals surface area contributed by atoms with Crippen LogP contribution in [0.15, 0.2) is 29.0 Å². The van der Waals surface area contributed by atoms with Crippen LogP contribution in [0, 0.1) is 26.7 Å². The Hall–Kier alpha value is -3.23. The number of carbonyl (C=O) groups excluding carboxylic acids is 1. The second-order valence-corrected chi connectivity index (χ2v) is 6.50. The van der Waals surface area contributed by atoms with Crippen molar-refractivity contribution in [2.45, 2.75) is 20.8 Å². The highest BCUT2D eigenvalue weighted by molar-refractivity contribution is 5.93. The molecule has 1 amide bonds. The van der Waals surface area contributed by atoms with E-state index in [-0.39, 0.29) is 11.8 Å². The van der Waals surface area contributed by atoms with Crippen molar-refractivity contribution in [1.29, 1.82) is 0 Å². The van der Waals surface area contributed by atoms with Crippen LogP contribution in [0.1, 0.15) is 17.1 Å². The van der Waals surface area contributed by atoms with Gasteiger partial charge in [0.25, 0.3) is 0 Å². The Kier molecular flexibility index (Phi) is 3.90. The Bertz CT molecular complexity index is 956. The second-order valence-electron chi connectivity index (χ2n) is 6.50. The fourth-order valence-electron chi connectivity index (χ4n) is 2.96. The number of hydrogen-bond donors (Lipinski definition) is 1. The maximum atomic E-state index is 12.2. The molecule has 3 aromatic heterocycles. The van der Waals surface area contributed by atoms with Crippen molar-refractivity contribution in [1.82, 2.24) is 24.9 Å². The van der Waals surface area contributed by atoms with Crippen LogP contribution in [0.2, 0.25) is 0 Å². The molecule has 0 bridgehead atoms. The zero-order chi connectivity index (χ0) is 18.3. The number of hydrogen-bond acceptors (Lipinski definition) is 7. The van der Waals surface area contributed by atoms with Crippen LogP contribution in [0.3, 0.4) is 0 Å². The molecule has 1 aliphatic rings. The SMILES string of the molecule is Cc1cc(NC(=O)C2CN(c3cc(-n4nc(C)cc4C)ncn3)C2)on1. The van der Waals surface area contributed by atoms with Crippen LogP contribution in [0.4, 0.5) is 11.7 Å². The lowest BCUT2D eigenvalue weighted by Gasteiger charge is -2.38. The lowest BCUT2D eigenvalue weighted by atomic mass is 9.99. The van der Waals surface area contributed by atoms with Gasteiger partial charge in [-0.2, -0.15) is 5.10 Å². The van der Waals surface area contributed by atoms with Crippen molar-refractivity contribution in [2.24, 2.45) is 5.92 Å². The highest BCUT2D eigenvalue weighted by atomic mass is 16.5. The van der Waals surface area contributed by atoms with Crippen molar-refractivity contribution >= 4 is 17.6 Å². The molecule has 134 valence electrons. The lowest BCUT2D eigenvalue weighted by molar-refractivity contribution is -0.120. The van der Waals surface area contributed by atoms with Gasteiger partial charge in [-0.15, -0.1) is 0 Å². The molecule has 4 rings (SSSR count). The zero-order valence-electron chi connectivity index (χ0n) is 14.8. The molecule has 0 aliphatic carbocycles. The lowest BCUT2D eigenvalue weighted by Crippen LogP contribution is -2.52. The van der Waals surface area contributed by atoms with E-state index in [0.29, 0.717) is 24.8 Å². The smallest absolute Gasteiger partial charge is 0.233 e. The largest absolute Gasteiger partial charge is 0.355 e. The molecule has 9 nitrogen and oxygen atoms in total. The minimum atomic E-state index is -0.118. The maximum Gasteiger partial charge on any atom is 0.233 e. The van der Waals surface area contributed by atoms with Gasteiger partial charge in [0.1, 0.15) is 12.1 Å². The summed E-state index contributed by atoms with van der Waals surface area (Å²) >= 11 is 0. The fourth-order valence-corrected chi connectivity index (χ4v) is 2.96. The van der Waals surface area contributed by atoms with Gasteiger partial charge in [-0.1, -0.05) is 5.16 Å². The topological polar surface area (TPSA) is 102 Å². The van der Waals surface area contributed by atoms with Gasteiger partial charge in [-0.25, -0.2) is 14.6 Å². The Labute approximate surface area is 150 Å². The summed E-state index contributed by atoms with van der Waals surface area (Å²) in [5.74, 6) is 1.67. The first kappa shape index (κ1) is 16.2. The summed E-state index contributed by atoms with van der Waals surface area (Å²) in [6, 6.07) is 5.57. The molecule has 1 N–H and O–H groups in total. The first-order valence-corrected chi connectivity index (χ1v) is 8.34. The Balaban J connectivity index is 1.42. The van der Waals surface area contributed by atoms with E-state index in [2.05, 4.69) is 25.5 Å². The van der Waals surface area contributed by atoms with E-state index in [0.717, 1.165) is 22.9 Å². The quantitative estimate of drug-likeness (QED) is 0.761. The van der Waals surface area contributed by atoms with E-state index in [1.165, 1.54) is 6.33 Å². The van der Waals surface area contributed by atoms with E-state index < -0.39 is 0 Å². The maximum absolute atomic E-state index is 12.2. The first-order chi connectivity index (χ1) is 12.5. The van der Waals surface area contributed by atoms with E-state index >= 15 is 0 Å². The van der Waals surface area contributed by atoms with Crippen LogP contribution in [0.5, 0.6) is 0 Å². The number of nitrogens with zero attached hydrogens (tertiary/aromatic N) is 6. The Morgan fingerprint density at radius 2 is 1.88 bits per heavy atom. The summed E-state index contributed by atoms with van der Waals surface area (Å²) in [5, 5.41) is 10.9. The molecular formula is C17H19N7O2. The van der Waals surface area contributed by atoms with Gasteiger partial charge in [0, 0.05) is 30.9 Å². The van der Waals surface area contributed by atoms with Gasteiger partial charge in [-0.05, 0) is 26.8 Å². The molecule has 0 radical (unpaired) electrons. The predicted octanol–water partition coefficient (Wildman–Crippen LogP) is 1.65. The highest BCUT2D eigenvalue weighted by Gasteiger charge is 2.34. The summed E-state index contributed by atoms with van der Waals surface area (Å²) in [6.07, 6.45) is 1.52. The molecule has 3 aromatic rings. The van der Waals surface area contributed by atoms with E-state index in [1.807, 2.05) is 30.9 Å². The molecule has 26 heavy (non-hydrogen) atoms. The normalized spacial score (nSPS) is 14.3. The first-order valence-electron chi connectivity index (χ1n) is 8.34. The minimum Gasteiger partial charge on any atom is -0.355 e. The molecule has 0 atom stereocenters. The molecule has 0 saturated carbocycles. The summed E-state index contributed by atoms with van der Waals surface area (Å²) in [7, 11) is 0. The molecule has 1 fully saturated rings. The third-order valence-corrected chi connectivity index (χ3v) is 4.32. The Morgan fingerprint density at radius 1 is 1.12 bits per heavy atom. The molecule has 1 saturated heterocycles. The van der Waals surface area contributed by atoms with Crippen molar-refractivity contribution in [3.63, 3.8) is 0 Å². The van der Waals surface area contributed by atoms with Crippen molar-refractivity contribution in [2.75, 3.05) is 23.3 Å². The standard InChI is InChI=1S/C17H19N7O2/c1-10-4-12(3)24(21-10)15-6-14(18-9-19-15)23-7-13(8-23)17(25)20-16-5-11(2)22-26-16/h4-6,9,13H,7-8H2,1-3H3,(H,20,25). The van der Waals surface area contributed by atoms with Gasteiger partial charge < -0.3 is 9.42 Å². The molecule has 9 heteroatoms. The molecule has 0 spiro atoms. The third kappa shape index (κ3) is 3.03. The highest BCUT2D eigenvalue weighted by Crippen LogP contribution is 2.25.